The van der Waals surface area contributed by atoms with Crippen molar-refractivity contribution >= 4 is 17.2 Å². The van der Waals surface area contributed by atoms with E-state index in [1.165, 1.54) is 0 Å². The SMILES string of the molecule is Cc1nc([C@H]2C[C@@H]3CCN(C(=O)Cc4ccsc4)C[C@H]3O2)no1. The van der Waals surface area contributed by atoms with Crippen LogP contribution in [0.1, 0.15) is 36.2 Å². The molecule has 4 rings (SSSR count). The second-order valence-corrected chi connectivity index (χ2v) is 7.05. The highest BCUT2D eigenvalue weighted by Crippen LogP contribution is 2.40. The van der Waals surface area contributed by atoms with Crippen molar-refractivity contribution in [3.05, 3.63) is 34.1 Å². The number of aromatic nitrogens is 2. The van der Waals surface area contributed by atoms with Crippen LogP contribution in [-0.4, -0.2) is 40.1 Å². The number of hydrogen-bond donors (Lipinski definition) is 0. The van der Waals surface area contributed by atoms with Crippen LogP contribution >= 0.6 is 11.3 Å². The Kier molecular flexibility index (Phi) is 3.90. The molecule has 0 radical (unpaired) electrons. The first-order valence-corrected chi connectivity index (χ1v) is 8.88. The largest absolute Gasteiger partial charge is 0.365 e. The van der Waals surface area contributed by atoms with Gasteiger partial charge in [-0.05, 0) is 41.1 Å². The van der Waals surface area contributed by atoms with E-state index in [0.717, 1.165) is 24.9 Å². The molecule has 122 valence electrons. The number of piperidine rings is 1. The summed E-state index contributed by atoms with van der Waals surface area (Å²) in [5.74, 6) is 1.85. The number of carbonyl (C=O) groups excluding carboxylic acids is 1. The molecule has 0 bridgehead atoms. The van der Waals surface area contributed by atoms with Crippen molar-refractivity contribution in [2.24, 2.45) is 5.92 Å². The molecule has 0 aliphatic carbocycles. The van der Waals surface area contributed by atoms with E-state index in [1.807, 2.05) is 21.7 Å². The Morgan fingerprint density at radius 2 is 2.43 bits per heavy atom. The van der Waals surface area contributed by atoms with E-state index in [0.29, 0.717) is 30.6 Å². The summed E-state index contributed by atoms with van der Waals surface area (Å²) in [4.78, 5) is 18.6. The van der Waals surface area contributed by atoms with E-state index in [9.17, 15) is 4.79 Å². The maximum atomic E-state index is 12.4. The number of ether oxygens (including phenoxy) is 1. The predicted molar refractivity (Wildman–Crippen MR) is 84.0 cm³/mol. The van der Waals surface area contributed by atoms with E-state index in [2.05, 4.69) is 10.1 Å². The van der Waals surface area contributed by atoms with Gasteiger partial charge in [0.05, 0.1) is 12.5 Å². The molecule has 2 aromatic rings. The molecule has 2 fully saturated rings. The quantitative estimate of drug-likeness (QED) is 0.862. The van der Waals surface area contributed by atoms with E-state index in [4.69, 9.17) is 9.26 Å². The van der Waals surface area contributed by atoms with Gasteiger partial charge in [-0.3, -0.25) is 4.79 Å². The molecule has 2 saturated heterocycles. The summed E-state index contributed by atoms with van der Waals surface area (Å²) in [7, 11) is 0. The zero-order chi connectivity index (χ0) is 15.8. The summed E-state index contributed by atoms with van der Waals surface area (Å²) in [6, 6.07) is 2.01. The molecule has 0 unspecified atom stereocenters. The first-order chi connectivity index (χ1) is 11.2. The highest BCUT2D eigenvalue weighted by Gasteiger charge is 2.42. The molecule has 0 N–H and O–H groups in total. The molecular formula is C16H19N3O3S. The number of hydrogen-bond acceptors (Lipinski definition) is 6. The van der Waals surface area contributed by atoms with Gasteiger partial charge in [0.2, 0.25) is 17.6 Å². The van der Waals surface area contributed by atoms with E-state index < -0.39 is 0 Å². The molecule has 7 heteroatoms. The summed E-state index contributed by atoms with van der Waals surface area (Å²) in [6.07, 6.45) is 2.35. The summed E-state index contributed by atoms with van der Waals surface area (Å²) >= 11 is 1.63. The average Bonchev–Trinajstić information content (AvgIpc) is 3.25. The normalized spacial score (nSPS) is 27.2. The van der Waals surface area contributed by atoms with Crippen LogP contribution in [0.4, 0.5) is 0 Å². The van der Waals surface area contributed by atoms with Crippen LogP contribution in [0.3, 0.4) is 0 Å². The fourth-order valence-electron chi connectivity index (χ4n) is 3.45. The molecule has 1 amide bonds. The smallest absolute Gasteiger partial charge is 0.227 e. The van der Waals surface area contributed by atoms with Gasteiger partial charge in [-0.25, -0.2) is 0 Å². The molecule has 2 aliphatic rings. The number of rotatable bonds is 3. The molecule has 0 saturated carbocycles. The zero-order valence-electron chi connectivity index (χ0n) is 13.0. The van der Waals surface area contributed by atoms with E-state index in [-0.39, 0.29) is 18.1 Å². The highest BCUT2D eigenvalue weighted by molar-refractivity contribution is 7.07. The molecule has 0 aromatic carbocycles. The minimum Gasteiger partial charge on any atom is -0.365 e. The van der Waals surface area contributed by atoms with Crippen molar-refractivity contribution in [3.63, 3.8) is 0 Å². The van der Waals surface area contributed by atoms with Gasteiger partial charge >= 0.3 is 0 Å². The third-order valence-corrected chi connectivity index (χ3v) is 5.40. The summed E-state index contributed by atoms with van der Waals surface area (Å²) in [5.41, 5.74) is 1.09. The molecule has 2 aromatic heterocycles. The zero-order valence-corrected chi connectivity index (χ0v) is 13.8. The number of nitrogens with zero attached hydrogens (tertiary/aromatic N) is 3. The predicted octanol–water partition coefficient (Wildman–Crippen LogP) is 2.36. The second kappa shape index (κ2) is 6.05. The average molecular weight is 333 g/mol. The Hall–Kier alpha value is -1.73. The van der Waals surface area contributed by atoms with Gasteiger partial charge in [0.25, 0.3) is 0 Å². The van der Waals surface area contributed by atoms with Crippen LogP contribution in [0.2, 0.25) is 0 Å². The standard InChI is InChI=1S/C16H19N3O3S/c1-10-17-16(18-22-10)13-7-12-2-4-19(8-14(12)21-13)15(20)6-11-3-5-23-9-11/h3,5,9,12-14H,2,4,6-8H2,1H3/t12-,13+,14+/m0/s1. The van der Waals surface area contributed by atoms with Gasteiger partial charge in [0.15, 0.2) is 0 Å². The van der Waals surface area contributed by atoms with Gasteiger partial charge in [-0.15, -0.1) is 0 Å². The third-order valence-electron chi connectivity index (χ3n) is 4.67. The van der Waals surface area contributed by atoms with Crippen LogP contribution in [0.25, 0.3) is 0 Å². The van der Waals surface area contributed by atoms with Crippen molar-refractivity contribution in [3.8, 4) is 0 Å². The van der Waals surface area contributed by atoms with Gasteiger partial charge < -0.3 is 14.2 Å². The van der Waals surface area contributed by atoms with E-state index >= 15 is 0 Å². The van der Waals surface area contributed by atoms with Crippen molar-refractivity contribution < 1.29 is 14.1 Å². The van der Waals surface area contributed by atoms with Crippen LogP contribution in [0.5, 0.6) is 0 Å². The van der Waals surface area contributed by atoms with Crippen molar-refractivity contribution in [1.82, 2.24) is 15.0 Å². The molecule has 3 atom stereocenters. The fraction of sp³-hybridized carbons (Fsp3) is 0.562. The first-order valence-electron chi connectivity index (χ1n) is 7.93. The van der Waals surface area contributed by atoms with Crippen LogP contribution in [0.15, 0.2) is 21.3 Å². The fourth-order valence-corrected chi connectivity index (χ4v) is 4.12. The highest BCUT2D eigenvalue weighted by atomic mass is 32.1. The third kappa shape index (κ3) is 3.03. The minimum absolute atomic E-state index is 0.0824. The molecular weight excluding hydrogens is 314 g/mol. The molecule has 0 spiro atoms. The van der Waals surface area contributed by atoms with Crippen molar-refractivity contribution in [2.45, 2.75) is 38.4 Å². The lowest BCUT2D eigenvalue weighted by Crippen LogP contribution is -2.45. The second-order valence-electron chi connectivity index (χ2n) is 6.27. The number of thiophene rings is 1. The van der Waals surface area contributed by atoms with Crippen LogP contribution in [0, 0.1) is 12.8 Å². The lowest BCUT2D eigenvalue weighted by atomic mass is 9.91. The van der Waals surface area contributed by atoms with Crippen LogP contribution < -0.4 is 0 Å². The molecule has 23 heavy (non-hydrogen) atoms. The van der Waals surface area contributed by atoms with Crippen LogP contribution in [-0.2, 0) is 16.0 Å². The summed E-state index contributed by atoms with van der Waals surface area (Å²) in [5, 5.41) is 8.01. The minimum atomic E-state index is -0.102. The number of fused-ring (bicyclic) bond motifs is 1. The van der Waals surface area contributed by atoms with Gasteiger partial charge in [-0.2, -0.15) is 16.3 Å². The van der Waals surface area contributed by atoms with Gasteiger partial charge in [0, 0.05) is 20.0 Å². The van der Waals surface area contributed by atoms with E-state index in [1.54, 1.807) is 18.3 Å². The molecule has 2 aliphatic heterocycles. The summed E-state index contributed by atoms with van der Waals surface area (Å²) < 4.78 is 11.1. The Morgan fingerprint density at radius 1 is 1.52 bits per heavy atom. The number of aryl methyl sites for hydroxylation is 1. The molecule has 6 nitrogen and oxygen atoms in total. The maximum absolute atomic E-state index is 12.4. The van der Waals surface area contributed by atoms with Gasteiger partial charge in [0.1, 0.15) is 6.10 Å². The van der Waals surface area contributed by atoms with Crippen molar-refractivity contribution in [1.29, 1.82) is 0 Å². The lowest BCUT2D eigenvalue weighted by molar-refractivity contribution is -0.135. The Balaban J connectivity index is 1.38. The Labute approximate surface area is 138 Å². The number of carbonyl (C=O) groups is 1. The topological polar surface area (TPSA) is 68.5 Å². The van der Waals surface area contributed by atoms with Gasteiger partial charge in [-0.1, -0.05) is 5.16 Å². The molecule has 4 heterocycles. The first kappa shape index (κ1) is 14.8. The number of likely N-dealkylation sites (tertiary alicyclic amines) is 1. The number of amides is 1. The summed E-state index contributed by atoms with van der Waals surface area (Å²) in [6.45, 7) is 3.26. The Morgan fingerprint density at radius 3 is 3.17 bits per heavy atom. The Bertz CT molecular complexity index is 685. The maximum Gasteiger partial charge on any atom is 0.227 e. The van der Waals surface area contributed by atoms with Crippen molar-refractivity contribution in [2.75, 3.05) is 13.1 Å². The lowest BCUT2D eigenvalue weighted by Gasteiger charge is -2.34. The monoisotopic (exact) mass is 333 g/mol.